The molecule has 7 heteroatoms. The second kappa shape index (κ2) is 9.26. The standard InChI is InChI=1S/C21H23NO6/c22-9-13-1-5-15(6-2-13)16-7-3-14(4-8-16)11-27-18-12-28-17(10-23)19(24)21(26)20(18)25/h1-8,17-21,23-26H,10-12H2/t17-,18+,19-,20-,21+/m1/s1. The SMILES string of the molecule is N#Cc1ccc(-c2ccc(CO[C@H]3CO[C@H](CO)[C@@H](O)[C@H](O)[C@@H]3O)cc2)cc1. The summed E-state index contributed by atoms with van der Waals surface area (Å²) in [7, 11) is 0. The van der Waals surface area contributed by atoms with Crippen LogP contribution in [0.15, 0.2) is 48.5 Å². The summed E-state index contributed by atoms with van der Waals surface area (Å²) < 4.78 is 11.0. The lowest BCUT2D eigenvalue weighted by molar-refractivity contribution is -0.118. The molecule has 0 amide bonds. The predicted molar refractivity (Wildman–Crippen MR) is 100 cm³/mol. The molecule has 0 aromatic heterocycles. The Balaban J connectivity index is 1.62. The fourth-order valence-corrected chi connectivity index (χ4v) is 3.10. The Labute approximate surface area is 163 Å². The first-order chi connectivity index (χ1) is 13.5. The monoisotopic (exact) mass is 385 g/mol. The highest BCUT2D eigenvalue weighted by atomic mass is 16.6. The van der Waals surface area contributed by atoms with Gasteiger partial charge in [-0.05, 0) is 28.8 Å². The van der Waals surface area contributed by atoms with Crippen molar-refractivity contribution in [3.63, 3.8) is 0 Å². The summed E-state index contributed by atoms with van der Waals surface area (Å²) in [4.78, 5) is 0. The van der Waals surface area contributed by atoms with Crippen molar-refractivity contribution < 1.29 is 29.9 Å². The molecule has 1 aliphatic heterocycles. The van der Waals surface area contributed by atoms with Crippen molar-refractivity contribution in [2.45, 2.75) is 37.1 Å². The van der Waals surface area contributed by atoms with E-state index in [0.29, 0.717) is 5.56 Å². The minimum Gasteiger partial charge on any atom is -0.394 e. The van der Waals surface area contributed by atoms with E-state index in [1.807, 2.05) is 36.4 Å². The molecular weight excluding hydrogens is 362 g/mol. The molecule has 5 atom stereocenters. The van der Waals surface area contributed by atoms with Gasteiger partial charge in [0.15, 0.2) is 0 Å². The second-order valence-electron chi connectivity index (χ2n) is 6.76. The molecule has 0 saturated carbocycles. The largest absolute Gasteiger partial charge is 0.394 e. The quantitative estimate of drug-likeness (QED) is 0.594. The number of hydrogen-bond acceptors (Lipinski definition) is 7. The molecule has 3 rings (SSSR count). The molecule has 28 heavy (non-hydrogen) atoms. The Hall–Kier alpha value is -2.31. The fraction of sp³-hybridized carbons (Fsp3) is 0.381. The maximum atomic E-state index is 10.2. The van der Waals surface area contributed by atoms with E-state index in [1.54, 1.807) is 12.1 Å². The molecular formula is C21H23NO6. The summed E-state index contributed by atoms with van der Waals surface area (Å²) >= 11 is 0. The van der Waals surface area contributed by atoms with Crippen LogP contribution in [0.3, 0.4) is 0 Å². The number of nitrogens with zero attached hydrogens (tertiary/aromatic N) is 1. The number of aliphatic hydroxyl groups excluding tert-OH is 4. The molecule has 148 valence electrons. The van der Waals surface area contributed by atoms with Crippen LogP contribution in [-0.4, -0.2) is 64.2 Å². The van der Waals surface area contributed by atoms with E-state index < -0.39 is 37.1 Å². The van der Waals surface area contributed by atoms with Crippen molar-refractivity contribution in [1.29, 1.82) is 5.26 Å². The number of aliphatic hydroxyl groups is 4. The van der Waals surface area contributed by atoms with Crippen LogP contribution in [-0.2, 0) is 16.1 Å². The molecule has 0 bridgehead atoms. The lowest BCUT2D eigenvalue weighted by atomic mass is 10.0. The molecule has 1 heterocycles. The molecule has 2 aromatic rings. The highest BCUT2D eigenvalue weighted by molar-refractivity contribution is 5.64. The van der Waals surface area contributed by atoms with E-state index in [1.165, 1.54) is 0 Å². The summed E-state index contributed by atoms with van der Waals surface area (Å²) in [6.45, 7) is -0.330. The van der Waals surface area contributed by atoms with Gasteiger partial charge in [-0.15, -0.1) is 0 Å². The number of ether oxygens (including phenoxy) is 2. The van der Waals surface area contributed by atoms with Gasteiger partial charge < -0.3 is 29.9 Å². The van der Waals surface area contributed by atoms with E-state index in [2.05, 4.69) is 6.07 Å². The zero-order chi connectivity index (χ0) is 20.1. The first-order valence-corrected chi connectivity index (χ1v) is 9.01. The summed E-state index contributed by atoms with van der Waals surface area (Å²) in [5.74, 6) is 0. The molecule has 0 unspecified atom stereocenters. The van der Waals surface area contributed by atoms with Crippen molar-refractivity contribution in [1.82, 2.24) is 0 Å². The van der Waals surface area contributed by atoms with Gasteiger partial charge in [-0.3, -0.25) is 0 Å². The highest BCUT2D eigenvalue weighted by Crippen LogP contribution is 2.22. The minimum absolute atomic E-state index is 0.0517. The normalized spacial score (nSPS) is 27.8. The van der Waals surface area contributed by atoms with Crippen LogP contribution in [0, 0.1) is 11.3 Å². The van der Waals surface area contributed by atoms with E-state index in [9.17, 15) is 20.4 Å². The van der Waals surface area contributed by atoms with Gasteiger partial charge in [0.2, 0.25) is 0 Å². The highest BCUT2D eigenvalue weighted by Gasteiger charge is 2.40. The topological polar surface area (TPSA) is 123 Å². The van der Waals surface area contributed by atoms with Gasteiger partial charge in [-0.25, -0.2) is 0 Å². The van der Waals surface area contributed by atoms with Crippen LogP contribution in [0.1, 0.15) is 11.1 Å². The lowest BCUT2D eigenvalue weighted by Crippen LogP contribution is -2.47. The van der Waals surface area contributed by atoms with Crippen molar-refractivity contribution in [2.24, 2.45) is 0 Å². The van der Waals surface area contributed by atoms with Crippen LogP contribution in [0.5, 0.6) is 0 Å². The van der Waals surface area contributed by atoms with Crippen molar-refractivity contribution in [3.8, 4) is 17.2 Å². The van der Waals surface area contributed by atoms with E-state index in [0.717, 1.165) is 16.7 Å². The van der Waals surface area contributed by atoms with Crippen molar-refractivity contribution in [2.75, 3.05) is 13.2 Å². The molecule has 1 fully saturated rings. The van der Waals surface area contributed by atoms with Crippen molar-refractivity contribution in [3.05, 3.63) is 59.7 Å². The molecule has 1 saturated heterocycles. The Morgan fingerprint density at radius 3 is 2.11 bits per heavy atom. The molecule has 0 radical (unpaired) electrons. The maximum absolute atomic E-state index is 10.2. The van der Waals surface area contributed by atoms with Crippen LogP contribution in [0.4, 0.5) is 0 Å². The summed E-state index contributed by atoms with van der Waals surface area (Å²) in [5, 5.41) is 48.2. The third-order valence-corrected chi connectivity index (χ3v) is 4.88. The van der Waals surface area contributed by atoms with E-state index in [-0.39, 0.29) is 13.2 Å². The zero-order valence-electron chi connectivity index (χ0n) is 15.2. The van der Waals surface area contributed by atoms with Gasteiger partial charge in [-0.1, -0.05) is 36.4 Å². The van der Waals surface area contributed by atoms with Gasteiger partial charge >= 0.3 is 0 Å². The summed E-state index contributed by atoms with van der Waals surface area (Å²) in [6.07, 6.45) is -5.99. The molecule has 0 spiro atoms. The molecule has 2 aromatic carbocycles. The van der Waals surface area contributed by atoms with Gasteiger partial charge in [-0.2, -0.15) is 5.26 Å². The fourth-order valence-electron chi connectivity index (χ4n) is 3.10. The predicted octanol–water partition coefficient (Wildman–Crippen LogP) is 0.584. The number of nitriles is 1. The third kappa shape index (κ3) is 4.56. The third-order valence-electron chi connectivity index (χ3n) is 4.88. The molecule has 0 aliphatic carbocycles. The number of hydrogen-bond donors (Lipinski definition) is 4. The smallest absolute Gasteiger partial charge is 0.111 e. The minimum atomic E-state index is -1.47. The number of benzene rings is 2. The first kappa shape index (κ1) is 20.4. The first-order valence-electron chi connectivity index (χ1n) is 9.01. The zero-order valence-corrected chi connectivity index (χ0v) is 15.2. The molecule has 1 aliphatic rings. The summed E-state index contributed by atoms with van der Waals surface area (Å²) in [6, 6.07) is 17.0. The van der Waals surface area contributed by atoms with E-state index >= 15 is 0 Å². The summed E-state index contributed by atoms with van der Waals surface area (Å²) in [5.41, 5.74) is 3.46. The Bertz CT molecular complexity index is 801. The Kier molecular flexibility index (Phi) is 6.75. The van der Waals surface area contributed by atoms with Gasteiger partial charge in [0.1, 0.15) is 30.5 Å². The lowest BCUT2D eigenvalue weighted by Gasteiger charge is -2.25. The molecule has 7 nitrogen and oxygen atoms in total. The van der Waals surface area contributed by atoms with Crippen LogP contribution in [0.25, 0.3) is 11.1 Å². The number of rotatable bonds is 5. The average molecular weight is 385 g/mol. The van der Waals surface area contributed by atoms with Crippen LogP contribution >= 0.6 is 0 Å². The van der Waals surface area contributed by atoms with Gasteiger partial charge in [0.05, 0.1) is 31.5 Å². The Morgan fingerprint density at radius 2 is 1.54 bits per heavy atom. The van der Waals surface area contributed by atoms with Crippen molar-refractivity contribution >= 4 is 0 Å². The van der Waals surface area contributed by atoms with Crippen LogP contribution < -0.4 is 0 Å². The second-order valence-corrected chi connectivity index (χ2v) is 6.76. The van der Waals surface area contributed by atoms with Gasteiger partial charge in [0.25, 0.3) is 0 Å². The van der Waals surface area contributed by atoms with Gasteiger partial charge in [0, 0.05) is 0 Å². The Morgan fingerprint density at radius 1 is 0.929 bits per heavy atom. The van der Waals surface area contributed by atoms with E-state index in [4.69, 9.17) is 14.7 Å². The maximum Gasteiger partial charge on any atom is 0.111 e. The average Bonchev–Trinajstić information content (AvgIpc) is 2.84. The molecule has 4 N–H and O–H groups in total. The van der Waals surface area contributed by atoms with Crippen LogP contribution in [0.2, 0.25) is 0 Å².